The molecule has 12 heteroatoms. The zero-order valence-corrected chi connectivity index (χ0v) is 20.7. The van der Waals surface area contributed by atoms with Crippen LogP contribution in [0.4, 0.5) is 9.59 Å². The zero-order valence-electron chi connectivity index (χ0n) is 20.7. The van der Waals surface area contributed by atoms with Gasteiger partial charge in [0.15, 0.2) is 11.1 Å². The Kier molecular flexibility index (Phi) is 4.84. The van der Waals surface area contributed by atoms with E-state index in [9.17, 15) is 24.0 Å². The number of urea groups is 2. The van der Waals surface area contributed by atoms with Crippen molar-refractivity contribution in [3.8, 4) is 5.75 Å². The number of hydrogen-bond acceptors (Lipinski definition) is 7. The molecule has 2 fully saturated rings. The third-order valence-electron chi connectivity index (χ3n) is 7.49. The molecular weight excluding hydrogens is 494 g/mol. The lowest BCUT2D eigenvalue weighted by Gasteiger charge is -2.31. The number of aryl methyl sites for hydroxylation is 1. The number of ether oxygens (including phenoxy) is 1. The number of methoxy groups -OCH3 is 1. The predicted octanol–water partition coefficient (Wildman–Crippen LogP) is 1.50. The normalized spacial score (nSPS) is 24.4. The van der Waals surface area contributed by atoms with Gasteiger partial charge in [-0.1, -0.05) is 12.1 Å². The van der Waals surface area contributed by atoms with Crippen molar-refractivity contribution in [2.45, 2.75) is 31.5 Å². The summed E-state index contributed by atoms with van der Waals surface area (Å²) in [6, 6.07) is 8.86. The summed E-state index contributed by atoms with van der Waals surface area (Å²) < 4.78 is 11.2. The van der Waals surface area contributed by atoms with E-state index in [1.165, 1.54) is 18.9 Å². The van der Waals surface area contributed by atoms with Crippen LogP contribution in [-0.4, -0.2) is 48.3 Å². The predicted molar refractivity (Wildman–Crippen MR) is 131 cm³/mol. The molecule has 38 heavy (non-hydrogen) atoms. The van der Waals surface area contributed by atoms with Crippen LogP contribution >= 0.6 is 0 Å². The lowest BCUT2D eigenvalue weighted by Crippen LogP contribution is -2.52. The molecule has 0 spiro atoms. The first-order valence-corrected chi connectivity index (χ1v) is 11.8. The van der Waals surface area contributed by atoms with E-state index < -0.39 is 35.0 Å². The molecule has 2 saturated heterocycles. The fraction of sp³-hybridized carbons (Fsp3) is 0.269. The summed E-state index contributed by atoms with van der Waals surface area (Å²) in [5.41, 5.74) is -0.292. The second-order valence-corrected chi connectivity index (χ2v) is 9.80. The topological polar surface area (TPSA) is 159 Å². The van der Waals surface area contributed by atoms with Gasteiger partial charge in [-0.25, -0.2) is 9.59 Å². The second kappa shape index (κ2) is 7.81. The van der Waals surface area contributed by atoms with E-state index in [2.05, 4.69) is 21.3 Å². The van der Waals surface area contributed by atoms with Crippen molar-refractivity contribution in [1.29, 1.82) is 0 Å². The van der Waals surface area contributed by atoms with Crippen molar-refractivity contribution in [3.05, 3.63) is 64.4 Å². The van der Waals surface area contributed by atoms with Crippen LogP contribution in [0.1, 0.15) is 39.7 Å². The summed E-state index contributed by atoms with van der Waals surface area (Å²) in [5.74, 6) is -0.642. The van der Waals surface area contributed by atoms with E-state index in [-0.39, 0.29) is 24.8 Å². The third-order valence-corrected chi connectivity index (χ3v) is 7.49. The minimum Gasteiger partial charge on any atom is -0.497 e. The average Bonchev–Trinajstić information content (AvgIpc) is 3.56. The van der Waals surface area contributed by atoms with Gasteiger partial charge in [0.2, 0.25) is 0 Å². The first-order valence-electron chi connectivity index (χ1n) is 11.8. The standard InChI is InChI=1S/C26H23N5O7/c1-12-16-8-14(5-7-18(16)38-19(12)25(2)21(33)27-23(35)29-25)26(22(34)28-24(36)30-26)11-31-10-13-4-6-15(37-3)9-17(13)20(31)32/h4-9H,10-11H2,1-3H3,(H2,27,29,33,35)(H2,28,30,34,36)/t25?,26-/m0/s1. The Morgan fingerprint density at radius 2 is 1.71 bits per heavy atom. The van der Waals surface area contributed by atoms with Gasteiger partial charge in [-0.3, -0.25) is 25.0 Å². The van der Waals surface area contributed by atoms with Gasteiger partial charge in [0.25, 0.3) is 17.7 Å². The van der Waals surface area contributed by atoms with Crippen molar-refractivity contribution >= 4 is 40.8 Å². The maximum absolute atomic E-state index is 13.3. The highest BCUT2D eigenvalue weighted by atomic mass is 16.5. The van der Waals surface area contributed by atoms with E-state index in [1.807, 2.05) is 0 Å². The molecule has 3 aliphatic heterocycles. The van der Waals surface area contributed by atoms with Crippen LogP contribution in [0.15, 0.2) is 40.8 Å². The molecule has 12 nitrogen and oxygen atoms in total. The molecule has 4 N–H and O–H groups in total. The number of nitrogens with zero attached hydrogens (tertiary/aromatic N) is 1. The number of benzene rings is 2. The maximum atomic E-state index is 13.3. The minimum absolute atomic E-state index is 0.119. The number of fused-ring (bicyclic) bond motifs is 2. The summed E-state index contributed by atoms with van der Waals surface area (Å²) in [6.45, 7) is 3.41. The van der Waals surface area contributed by atoms with Gasteiger partial charge >= 0.3 is 12.1 Å². The van der Waals surface area contributed by atoms with Gasteiger partial charge in [-0.15, -0.1) is 0 Å². The monoisotopic (exact) mass is 517 g/mol. The van der Waals surface area contributed by atoms with Gasteiger partial charge in [0.1, 0.15) is 17.1 Å². The Bertz CT molecular complexity index is 1610. The van der Waals surface area contributed by atoms with Crippen molar-refractivity contribution < 1.29 is 33.1 Å². The van der Waals surface area contributed by atoms with Crippen LogP contribution in [0.5, 0.6) is 5.75 Å². The average molecular weight is 517 g/mol. The smallest absolute Gasteiger partial charge is 0.322 e. The van der Waals surface area contributed by atoms with E-state index in [0.717, 1.165) is 5.56 Å². The first kappa shape index (κ1) is 23.5. The largest absolute Gasteiger partial charge is 0.497 e. The summed E-state index contributed by atoms with van der Waals surface area (Å²) in [6.07, 6.45) is 0. The molecule has 3 aromatic rings. The Hall–Kier alpha value is -4.87. The van der Waals surface area contributed by atoms with Gasteiger partial charge in [0, 0.05) is 23.1 Å². The van der Waals surface area contributed by atoms with Gasteiger partial charge in [-0.05, 0) is 49.2 Å². The second-order valence-electron chi connectivity index (χ2n) is 9.80. The van der Waals surface area contributed by atoms with Crippen LogP contribution in [0.2, 0.25) is 0 Å². The molecule has 7 amide bonds. The third kappa shape index (κ3) is 3.19. The molecule has 6 rings (SSSR count). The van der Waals surface area contributed by atoms with E-state index in [0.29, 0.717) is 33.4 Å². The minimum atomic E-state index is -1.57. The Morgan fingerprint density at radius 3 is 2.37 bits per heavy atom. The van der Waals surface area contributed by atoms with Crippen molar-refractivity contribution in [2.75, 3.05) is 13.7 Å². The molecule has 0 aliphatic carbocycles. The molecule has 2 atom stereocenters. The van der Waals surface area contributed by atoms with Crippen LogP contribution in [0.25, 0.3) is 11.0 Å². The van der Waals surface area contributed by atoms with Crippen LogP contribution in [0.3, 0.4) is 0 Å². The maximum Gasteiger partial charge on any atom is 0.322 e. The van der Waals surface area contributed by atoms with Gasteiger partial charge < -0.3 is 24.7 Å². The van der Waals surface area contributed by atoms with Crippen molar-refractivity contribution in [3.63, 3.8) is 0 Å². The van der Waals surface area contributed by atoms with Gasteiger partial charge in [-0.2, -0.15) is 0 Å². The van der Waals surface area contributed by atoms with Crippen LogP contribution < -0.4 is 26.0 Å². The van der Waals surface area contributed by atoms with Crippen LogP contribution in [-0.2, 0) is 27.2 Å². The zero-order chi connectivity index (χ0) is 27.0. The molecule has 194 valence electrons. The highest BCUT2D eigenvalue weighted by molar-refractivity contribution is 6.09. The number of imide groups is 2. The first-order chi connectivity index (χ1) is 18.1. The molecular formula is C26H23N5O7. The molecule has 4 heterocycles. The summed E-state index contributed by atoms with van der Waals surface area (Å²) in [5, 5.41) is 10.4. The number of carbonyl (C=O) groups is 5. The van der Waals surface area contributed by atoms with E-state index in [1.54, 1.807) is 43.3 Å². The van der Waals surface area contributed by atoms with Crippen LogP contribution in [0, 0.1) is 6.92 Å². The Labute approximate surface area is 215 Å². The number of hydrogen-bond donors (Lipinski definition) is 4. The number of rotatable bonds is 5. The number of nitrogens with one attached hydrogen (secondary N) is 4. The molecule has 3 aliphatic rings. The molecule has 2 aromatic carbocycles. The summed E-state index contributed by atoms with van der Waals surface area (Å²) >= 11 is 0. The number of furan rings is 1. The SMILES string of the molecule is COc1ccc2c(c1)C(=O)N(C[C@@]1(c3ccc4oc(C5(C)NC(=O)NC5=O)c(C)c4c3)NC(=O)NC1=O)C2. The quantitative estimate of drug-likeness (QED) is 0.373. The van der Waals surface area contributed by atoms with Crippen molar-refractivity contribution in [2.24, 2.45) is 0 Å². The van der Waals surface area contributed by atoms with Gasteiger partial charge in [0.05, 0.1) is 13.7 Å². The summed E-state index contributed by atoms with van der Waals surface area (Å²) in [4.78, 5) is 64.7. The fourth-order valence-electron chi connectivity index (χ4n) is 5.45. The molecule has 1 unspecified atom stereocenters. The number of amides is 7. The fourth-order valence-corrected chi connectivity index (χ4v) is 5.45. The van der Waals surface area contributed by atoms with Crippen molar-refractivity contribution in [1.82, 2.24) is 26.2 Å². The lowest BCUT2D eigenvalue weighted by molar-refractivity contribution is -0.125. The molecule has 0 bridgehead atoms. The summed E-state index contributed by atoms with van der Waals surface area (Å²) in [7, 11) is 1.51. The highest BCUT2D eigenvalue weighted by Gasteiger charge is 2.51. The Morgan fingerprint density at radius 1 is 0.974 bits per heavy atom. The Balaban J connectivity index is 1.41. The van der Waals surface area contributed by atoms with E-state index >= 15 is 0 Å². The molecule has 1 aromatic heterocycles. The molecule has 0 saturated carbocycles. The van der Waals surface area contributed by atoms with E-state index in [4.69, 9.17) is 9.15 Å². The number of carbonyl (C=O) groups excluding carboxylic acids is 5. The lowest BCUT2D eigenvalue weighted by atomic mass is 9.87. The highest BCUT2D eigenvalue weighted by Crippen LogP contribution is 2.38. The molecule has 0 radical (unpaired) electrons.